The second-order valence-electron chi connectivity index (χ2n) is 3.64. The highest BCUT2D eigenvalue weighted by Crippen LogP contribution is 2.34. The van der Waals surface area contributed by atoms with E-state index in [9.17, 15) is 4.79 Å². The Labute approximate surface area is 119 Å². The zero-order valence-corrected chi connectivity index (χ0v) is 11.8. The highest BCUT2D eigenvalue weighted by molar-refractivity contribution is 7.71. The number of ether oxygens (including phenoxy) is 2. The molecule has 0 unspecified atom stereocenters. The second kappa shape index (κ2) is 5.46. The van der Waals surface area contributed by atoms with Crippen molar-refractivity contribution in [3.05, 3.63) is 44.5 Å². The van der Waals surface area contributed by atoms with Crippen LogP contribution in [0.15, 0.2) is 29.2 Å². The number of H-pyrrole nitrogens is 1. The van der Waals surface area contributed by atoms with Gasteiger partial charge in [0, 0.05) is 24.4 Å². The van der Waals surface area contributed by atoms with Crippen LogP contribution in [0.3, 0.4) is 0 Å². The first-order valence-electron chi connectivity index (χ1n) is 5.30. The van der Waals surface area contributed by atoms with Gasteiger partial charge in [-0.1, -0.05) is 11.6 Å². The van der Waals surface area contributed by atoms with Gasteiger partial charge >= 0.3 is 0 Å². The second-order valence-corrected chi connectivity index (χ2v) is 4.43. The van der Waals surface area contributed by atoms with E-state index in [4.69, 9.17) is 33.3 Å². The van der Waals surface area contributed by atoms with Crippen molar-refractivity contribution in [3.63, 3.8) is 0 Å². The third-order valence-electron chi connectivity index (χ3n) is 2.54. The molecule has 0 spiro atoms. The van der Waals surface area contributed by atoms with E-state index < -0.39 is 0 Å². The van der Waals surface area contributed by atoms with Gasteiger partial charge in [-0.15, -0.1) is 0 Å². The zero-order valence-electron chi connectivity index (χ0n) is 10.3. The molecule has 2 aromatic rings. The number of nitrogens with one attached hydrogen (secondary N) is 1. The summed E-state index contributed by atoms with van der Waals surface area (Å²) in [5.74, 6) is 1.01. The molecule has 0 fully saturated rings. The maximum Gasteiger partial charge on any atom is 0.251 e. The smallest absolute Gasteiger partial charge is 0.251 e. The largest absolute Gasteiger partial charge is 0.495 e. The molecule has 100 valence electrons. The average molecular weight is 299 g/mol. The molecule has 0 saturated heterocycles. The Balaban J connectivity index is 2.73. The maximum absolute atomic E-state index is 11.2. The van der Waals surface area contributed by atoms with Crippen LogP contribution in [0, 0.1) is 4.77 Å². The highest BCUT2D eigenvalue weighted by atomic mass is 35.5. The van der Waals surface area contributed by atoms with E-state index in [0.717, 1.165) is 0 Å². The first kappa shape index (κ1) is 13.6. The van der Waals surface area contributed by atoms with Crippen LogP contribution < -0.4 is 15.0 Å². The lowest BCUT2D eigenvalue weighted by Gasteiger charge is -2.14. The topological polar surface area (TPSA) is 56.2 Å². The van der Waals surface area contributed by atoms with Crippen molar-refractivity contribution in [2.45, 2.75) is 0 Å². The van der Waals surface area contributed by atoms with Crippen LogP contribution in [0.1, 0.15) is 0 Å². The Hall–Kier alpha value is -1.79. The molecule has 1 heterocycles. The van der Waals surface area contributed by atoms with Gasteiger partial charge in [0.25, 0.3) is 5.56 Å². The monoisotopic (exact) mass is 298 g/mol. The molecule has 0 saturated carbocycles. The molecule has 0 atom stereocenters. The Morgan fingerprint density at radius 2 is 1.95 bits per heavy atom. The average Bonchev–Trinajstić information content (AvgIpc) is 2.39. The SMILES string of the molecule is COc1cc(-n2ccc(=O)[nH]c2=S)c(OC)cc1Cl. The first-order valence-corrected chi connectivity index (χ1v) is 6.09. The van der Waals surface area contributed by atoms with E-state index in [0.29, 0.717) is 22.2 Å². The Kier molecular flexibility index (Phi) is 3.92. The summed E-state index contributed by atoms with van der Waals surface area (Å²) in [5.41, 5.74) is 0.367. The summed E-state index contributed by atoms with van der Waals surface area (Å²) in [6.45, 7) is 0. The molecule has 1 N–H and O–H groups in total. The number of nitrogens with zero attached hydrogens (tertiary/aromatic N) is 1. The van der Waals surface area contributed by atoms with Gasteiger partial charge in [0.05, 0.1) is 24.9 Å². The predicted octanol–water partition coefficient (Wildman–Crippen LogP) is 2.57. The van der Waals surface area contributed by atoms with Gasteiger partial charge in [0.1, 0.15) is 11.5 Å². The first-order chi connectivity index (χ1) is 9.06. The van der Waals surface area contributed by atoms with Crippen LogP contribution in [-0.2, 0) is 0 Å². The molecule has 0 aliphatic heterocycles. The lowest BCUT2D eigenvalue weighted by atomic mass is 10.2. The molecule has 0 aliphatic carbocycles. The fourth-order valence-electron chi connectivity index (χ4n) is 1.64. The summed E-state index contributed by atoms with van der Waals surface area (Å²) >= 11 is 11.2. The molecule has 19 heavy (non-hydrogen) atoms. The number of hydrogen-bond donors (Lipinski definition) is 1. The van der Waals surface area contributed by atoms with Crippen molar-refractivity contribution in [1.29, 1.82) is 0 Å². The Morgan fingerprint density at radius 3 is 2.53 bits per heavy atom. The predicted molar refractivity (Wildman–Crippen MR) is 75.3 cm³/mol. The number of methoxy groups -OCH3 is 2. The molecule has 7 heteroatoms. The molecule has 1 aromatic carbocycles. The van der Waals surface area contributed by atoms with E-state index in [2.05, 4.69) is 4.98 Å². The zero-order chi connectivity index (χ0) is 14.0. The standard InChI is InChI=1S/C12H11ClN2O3S/c1-17-9-6-8(10(18-2)5-7(9)13)15-4-3-11(16)14-12(15)19/h3-6H,1-2H3,(H,14,16,19). The van der Waals surface area contributed by atoms with E-state index >= 15 is 0 Å². The molecule has 1 aromatic heterocycles. The minimum Gasteiger partial charge on any atom is -0.495 e. The van der Waals surface area contributed by atoms with Gasteiger partial charge in [0.2, 0.25) is 0 Å². The number of aromatic amines is 1. The van der Waals surface area contributed by atoms with Crippen molar-refractivity contribution in [1.82, 2.24) is 9.55 Å². The Bertz CT molecular complexity index is 724. The van der Waals surface area contributed by atoms with Crippen molar-refractivity contribution < 1.29 is 9.47 Å². The Morgan fingerprint density at radius 1 is 1.26 bits per heavy atom. The normalized spacial score (nSPS) is 10.3. The van der Waals surface area contributed by atoms with E-state index in [1.54, 1.807) is 22.9 Å². The van der Waals surface area contributed by atoms with E-state index in [-0.39, 0.29) is 10.3 Å². The lowest BCUT2D eigenvalue weighted by molar-refractivity contribution is 0.401. The number of rotatable bonds is 3. The summed E-state index contributed by atoms with van der Waals surface area (Å²) in [6, 6.07) is 4.69. The third-order valence-corrected chi connectivity index (χ3v) is 3.13. The lowest BCUT2D eigenvalue weighted by Crippen LogP contribution is -2.10. The van der Waals surface area contributed by atoms with Crippen molar-refractivity contribution in [3.8, 4) is 17.2 Å². The van der Waals surface area contributed by atoms with Crippen LogP contribution in [0.4, 0.5) is 0 Å². The summed E-state index contributed by atoms with van der Waals surface area (Å²) in [4.78, 5) is 13.7. The molecule has 0 aliphatic rings. The molecule has 5 nitrogen and oxygen atoms in total. The van der Waals surface area contributed by atoms with Crippen molar-refractivity contribution in [2.24, 2.45) is 0 Å². The fraction of sp³-hybridized carbons (Fsp3) is 0.167. The van der Waals surface area contributed by atoms with Crippen molar-refractivity contribution >= 4 is 23.8 Å². The highest BCUT2D eigenvalue weighted by Gasteiger charge is 2.11. The van der Waals surface area contributed by atoms with Crippen LogP contribution in [0.2, 0.25) is 5.02 Å². The minimum absolute atomic E-state index is 0.259. The molecule has 0 amide bonds. The quantitative estimate of drug-likeness (QED) is 0.885. The van der Waals surface area contributed by atoms with E-state index in [1.165, 1.54) is 20.3 Å². The summed E-state index contributed by atoms with van der Waals surface area (Å²) in [6.07, 6.45) is 1.56. The number of halogens is 1. The molecule has 0 radical (unpaired) electrons. The fourth-order valence-corrected chi connectivity index (χ4v) is 2.13. The van der Waals surface area contributed by atoms with Gasteiger partial charge < -0.3 is 9.47 Å². The number of hydrogen-bond acceptors (Lipinski definition) is 4. The summed E-state index contributed by atoms with van der Waals surface area (Å²) in [7, 11) is 3.04. The number of aromatic nitrogens is 2. The van der Waals surface area contributed by atoms with Crippen molar-refractivity contribution in [2.75, 3.05) is 14.2 Å². The van der Waals surface area contributed by atoms with E-state index in [1.807, 2.05) is 0 Å². The van der Waals surface area contributed by atoms with Crippen LogP contribution in [0.25, 0.3) is 5.69 Å². The van der Waals surface area contributed by atoms with Gasteiger partial charge in [-0.3, -0.25) is 14.3 Å². The molecular formula is C12H11ClN2O3S. The van der Waals surface area contributed by atoms with Gasteiger partial charge in [-0.05, 0) is 12.2 Å². The summed E-state index contributed by atoms with van der Waals surface area (Å²) in [5, 5.41) is 0.430. The molecular weight excluding hydrogens is 288 g/mol. The van der Waals surface area contributed by atoms with Crippen LogP contribution in [-0.4, -0.2) is 23.8 Å². The minimum atomic E-state index is -0.263. The maximum atomic E-state index is 11.2. The van der Waals surface area contributed by atoms with Gasteiger partial charge in [-0.2, -0.15) is 0 Å². The van der Waals surface area contributed by atoms with Gasteiger partial charge in [0.15, 0.2) is 4.77 Å². The van der Waals surface area contributed by atoms with Gasteiger partial charge in [-0.25, -0.2) is 0 Å². The third kappa shape index (κ3) is 2.64. The van der Waals surface area contributed by atoms with Crippen LogP contribution >= 0.6 is 23.8 Å². The molecule has 0 bridgehead atoms. The molecule has 2 rings (SSSR count). The van der Waals surface area contributed by atoms with Crippen LogP contribution in [0.5, 0.6) is 11.5 Å². The summed E-state index contributed by atoms with van der Waals surface area (Å²) < 4.78 is 12.3. The number of benzene rings is 1.